The van der Waals surface area contributed by atoms with Gasteiger partial charge in [0.15, 0.2) is 5.58 Å². The SMILES string of the molecule is O=C(O)C1(CNc2ccc3[nH]c(=O)oc3c2)CCC1. The molecule has 6 heteroatoms. The van der Waals surface area contributed by atoms with Crippen molar-refractivity contribution >= 4 is 22.8 Å². The van der Waals surface area contributed by atoms with Gasteiger partial charge in [0.2, 0.25) is 0 Å². The third kappa shape index (κ3) is 1.99. The minimum atomic E-state index is -0.750. The van der Waals surface area contributed by atoms with Gasteiger partial charge in [-0.15, -0.1) is 0 Å². The van der Waals surface area contributed by atoms with E-state index in [2.05, 4.69) is 10.3 Å². The van der Waals surface area contributed by atoms with Gasteiger partial charge in [-0.25, -0.2) is 4.79 Å². The van der Waals surface area contributed by atoms with Crippen LogP contribution >= 0.6 is 0 Å². The van der Waals surface area contributed by atoms with Crippen LogP contribution in [0, 0.1) is 5.41 Å². The van der Waals surface area contributed by atoms with Crippen molar-refractivity contribution in [1.82, 2.24) is 4.98 Å². The lowest BCUT2D eigenvalue weighted by atomic mass is 9.69. The molecule has 1 aliphatic carbocycles. The highest BCUT2D eigenvalue weighted by Gasteiger charge is 2.44. The average Bonchev–Trinajstić information content (AvgIpc) is 2.66. The zero-order valence-corrected chi connectivity index (χ0v) is 10.2. The van der Waals surface area contributed by atoms with E-state index in [1.165, 1.54) is 0 Å². The zero-order chi connectivity index (χ0) is 13.5. The first-order valence-corrected chi connectivity index (χ1v) is 6.19. The van der Waals surface area contributed by atoms with Crippen molar-refractivity contribution in [2.75, 3.05) is 11.9 Å². The van der Waals surface area contributed by atoms with Crippen molar-refractivity contribution in [3.8, 4) is 0 Å². The third-order valence-corrected chi connectivity index (χ3v) is 3.82. The minimum Gasteiger partial charge on any atom is -0.481 e. The molecule has 0 radical (unpaired) electrons. The third-order valence-electron chi connectivity index (χ3n) is 3.82. The number of hydrogen-bond donors (Lipinski definition) is 3. The number of benzene rings is 1. The van der Waals surface area contributed by atoms with Gasteiger partial charge in [-0.05, 0) is 25.0 Å². The predicted octanol–water partition coefficient (Wildman–Crippen LogP) is 1.79. The Balaban J connectivity index is 1.78. The Morgan fingerprint density at radius 3 is 2.89 bits per heavy atom. The van der Waals surface area contributed by atoms with Gasteiger partial charge < -0.3 is 14.8 Å². The Morgan fingerprint density at radius 1 is 1.47 bits per heavy atom. The van der Waals surface area contributed by atoms with Crippen molar-refractivity contribution in [1.29, 1.82) is 0 Å². The number of carboxylic acid groups (broad SMARTS) is 1. The summed E-state index contributed by atoms with van der Waals surface area (Å²) in [6.07, 6.45) is 2.37. The molecular formula is C13H14N2O4. The van der Waals surface area contributed by atoms with E-state index in [-0.39, 0.29) is 0 Å². The maximum Gasteiger partial charge on any atom is 0.417 e. The molecule has 1 fully saturated rings. The van der Waals surface area contributed by atoms with Gasteiger partial charge in [0.05, 0.1) is 10.9 Å². The van der Waals surface area contributed by atoms with Crippen LogP contribution in [0.25, 0.3) is 11.1 Å². The first kappa shape index (κ1) is 11.8. The van der Waals surface area contributed by atoms with Crippen LogP contribution in [0.15, 0.2) is 27.4 Å². The van der Waals surface area contributed by atoms with Crippen LogP contribution in [0.2, 0.25) is 0 Å². The lowest BCUT2D eigenvalue weighted by Gasteiger charge is -2.37. The van der Waals surface area contributed by atoms with Gasteiger partial charge in [0.1, 0.15) is 0 Å². The molecule has 1 aromatic carbocycles. The summed E-state index contributed by atoms with van der Waals surface area (Å²) in [7, 11) is 0. The van der Waals surface area contributed by atoms with E-state index in [1.54, 1.807) is 18.2 Å². The summed E-state index contributed by atoms with van der Waals surface area (Å²) in [4.78, 5) is 24.8. The second-order valence-corrected chi connectivity index (χ2v) is 5.02. The van der Waals surface area contributed by atoms with Crippen LogP contribution in [0.4, 0.5) is 5.69 Å². The first-order valence-electron chi connectivity index (χ1n) is 6.19. The zero-order valence-electron chi connectivity index (χ0n) is 10.2. The minimum absolute atomic E-state index is 0.391. The second-order valence-electron chi connectivity index (χ2n) is 5.02. The highest BCUT2D eigenvalue weighted by atomic mass is 16.4. The summed E-state index contributed by atoms with van der Waals surface area (Å²) in [5, 5.41) is 12.3. The molecule has 6 nitrogen and oxygen atoms in total. The molecule has 0 amide bonds. The number of aliphatic carboxylic acids is 1. The van der Waals surface area contributed by atoms with Crippen LogP contribution in [0.1, 0.15) is 19.3 Å². The van der Waals surface area contributed by atoms with Gasteiger partial charge in [0.25, 0.3) is 0 Å². The molecule has 0 bridgehead atoms. The van der Waals surface area contributed by atoms with Crippen LogP contribution in [-0.2, 0) is 4.79 Å². The molecule has 1 aliphatic rings. The predicted molar refractivity (Wildman–Crippen MR) is 69.2 cm³/mol. The topological polar surface area (TPSA) is 95.3 Å². The van der Waals surface area contributed by atoms with Crippen LogP contribution in [0.3, 0.4) is 0 Å². The van der Waals surface area contributed by atoms with Gasteiger partial charge in [0, 0.05) is 18.3 Å². The molecule has 0 unspecified atom stereocenters. The molecule has 0 saturated heterocycles. The van der Waals surface area contributed by atoms with Crippen molar-refractivity contribution in [2.45, 2.75) is 19.3 Å². The van der Waals surface area contributed by atoms with E-state index >= 15 is 0 Å². The number of aromatic nitrogens is 1. The fourth-order valence-corrected chi connectivity index (χ4v) is 2.40. The fraction of sp³-hybridized carbons (Fsp3) is 0.385. The molecule has 0 atom stereocenters. The summed E-state index contributed by atoms with van der Waals surface area (Å²) in [5.41, 5.74) is 1.21. The summed E-state index contributed by atoms with van der Waals surface area (Å²) in [6.45, 7) is 0.391. The maximum atomic E-state index is 11.2. The molecule has 3 rings (SSSR count). The number of oxazole rings is 1. The maximum absolute atomic E-state index is 11.2. The van der Waals surface area contributed by atoms with Crippen molar-refractivity contribution in [2.24, 2.45) is 5.41 Å². The lowest BCUT2D eigenvalue weighted by molar-refractivity contribution is -0.153. The number of aromatic amines is 1. The quantitative estimate of drug-likeness (QED) is 0.780. The molecule has 0 aliphatic heterocycles. The standard InChI is InChI=1S/C13H14N2O4/c16-11(17)13(4-1-5-13)7-14-8-2-3-9-10(6-8)19-12(18)15-9/h2-3,6,14H,1,4-5,7H2,(H,15,18)(H,16,17). The number of nitrogens with one attached hydrogen (secondary N) is 2. The highest BCUT2D eigenvalue weighted by molar-refractivity contribution is 5.78. The van der Waals surface area contributed by atoms with E-state index in [0.717, 1.165) is 12.1 Å². The monoisotopic (exact) mass is 262 g/mol. The molecule has 2 aromatic rings. The summed E-state index contributed by atoms with van der Waals surface area (Å²) in [6, 6.07) is 5.22. The molecule has 1 saturated carbocycles. The number of carboxylic acids is 1. The smallest absolute Gasteiger partial charge is 0.417 e. The number of anilines is 1. The number of rotatable bonds is 4. The number of H-pyrrole nitrogens is 1. The van der Waals surface area contributed by atoms with Crippen molar-refractivity contribution < 1.29 is 14.3 Å². The number of hydrogen-bond acceptors (Lipinski definition) is 4. The Morgan fingerprint density at radius 2 is 2.26 bits per heavy atom. The Hall–Kier alpha value is -2.24. The van der Waals surface area contributed by atoms with Gasteiger partial charge in [-0.3, -0.25) is 9.78 Å². The van der Waals surface area contributed by atoms with Crippen LogP contribution < -0.4 is 11.1 Å². The fourth-order valence-electron chi connectivity index (χ4n) is 2.40. The van der Waals surface area contributed by atoms with E-state index in [4.69, 9.17) is 4.42 Å². The molecule has 100 valence electrons. The Bertz CT molecular complexity index is 681. The van der Waals surface area contributed by atoms with Crippen LogP contribution in [0.5, 0.6) is 0 Å². The van der Waals surface area contributed by atoms with Crippen LogP contribution in [-0.4, -0.2) is 22.6 Å². The van der Waals surface area contributed by atoms with Gasteiger partial charge in [-0.2, -0.15) is 0 Å². The average molecular weight is 262 g/mol. The first-order chi connectivity index (χ1) is 9.09. The summed E-state index contributed by atoms with van der Waals surface area (Å²) >= 11 is 0. The lowest BCUT2D eigenvalue weighted by Crippen LogP contribution is -2.43. The molecule has 1 heterocycles. The Labute approximate surface area is 108 Å². The number of fused-ring (bicyclic) bond motifs is 1. The second kappa shape index (κ2) is 4.15. The van der Waals surface area contributed by atoms with E-state index in [1.807, 2.05) is 0 Å². The number of carbonyl (C=O) groups is 1. The Kier molecular flexibility index (Phi) is 2.58. The molecular weight excluding hydrogens is 248 g/mol. The van der Waals surface area contributed by atoms with E-state index < -0.39 is 17.1 Å². The molecule has 19 heavy (non-hydrogen) atoms. The van der Waals surface area contributed by atoms with Crippen molar-refractivity contribution in [3.63, 3.8) is 0 Å². The molecule has 0 spiro atoms. The largest absolute Gasteiger partial charge is 0.481 e. The highest BCUT2D eigenvalue weighted by Crippen LogP contribution is 2.41. The van der Waals surface area contributed by atoms with Gasteiger partial charge >= 0.3 is 11.7 Å². The normalized spacial score (nSPS) is 17.1. The summed E-state index contributed by atoms with van der Waals surface area (Å²) < 4.78 is 4.96. The van der Waals surface area contributed by atoms with Gasteiger partial charge in [-0.1, -0.05) is 6.42 Å². The molecule has 1 aromatic heterocycles. The van der Waals surface area contributed by atoms with E-state index in [9.17, 15) is 14.7 Å². The molecule has 3 N–H and O–H groups in total. The summed E-state index contributed by atoms with van der Waals surface area (Å²) in [5.74, 6) is -1.24. The van der Waals surface area contributed by atoms with Crippen molar-refractivity contribution in [3.05, 3.63) is 28.7 Å². The van der Waals surface area contributed by atoms with E-state index in [0.29, 0.717) is 30.5 Å².